The van der Waals surface area contributed by atoms with Gasteiger partial charge in [-0.1, -0.05) is 28.1 Å². The molecule has 1 aromatic heterocycles. The molecule has 88 valence electrons. The summed E-state index contributed by atoms with van der Waals surface area (Å²) in [5, 5.41) is 0. The zero-order valence-electron chi connectivity index (χ0n) is 9.37. The average Bonchev–Trinajstić information content (AvgIpc) is 2.78. The van der Waals surface area contributed by atoms with Crippen LogP contribution in [0.2, 0.25) is 0 Å². The Balaban J connectivity index is 2.40. The van der Waals surface area contributed by atoms with Crippen LogP contribution >= 0.6 is 15.9 Å². The highest BCUT2D eigenvalue weighted by molar-refractivity contribution is 9.10. The van der Waals surface area contributed by atoms with Crippen LogP contribution in [0, 0.1) is 0 Å². The lowest BCUT2D eigenvalue weighted by Crippen LogP contribution is -2.04. The van der Waals surface area contributed by atoms with E-state index in [0.29, 0.717) is 12.2 Å². The van der Waals surface area contributed by atoms with Crippen molar-refractivity contribution in [3.63, 3.8) is 0 Å². The summed E-state index contributed by atoms with van der Waals surface area (Å²) in [7, 11) is 0. The Morgan fingerprint density at radius 1 is 1.41 bits per heavy atom. The van der Waals surface area contributed by atoms with Gasteiger partial charge in [0.25, 0.3) is 0 Å². The number of esters is 1. The number of nitrogens with one attached hydrogen (secondary N) is 1. The summed E-state index contributed by atoms with van der Waals surface area (Å²) in [4.78, 5) is 14.7. The molecule has 0 radical (unpaired) electrons. The van der Waals surface area contributed by atoms with Crippen molar-refractivity contribution >= 4 is 21.9 Å². The topological polar surface area (TPSA) is 42.1 Å². The third-order valence-electron chi connectivity index (χ3n) is 2.38. The predicted molar refractivity (Wildman–Crippen MR) is 69.9 cm³/mol. The summed E-state index contributed by atoms with van der Waals surface area (Å²) in [5.74, 6) is -0.302. The maximum absolute atomic E-state index is 11.7. The van der Waals surface area contributed by atoms with Crippen molar-refractivity contribution in [2.24, 2.45) is 0 Å². The molecule has 4 heteroatoms. The van der Waals surface area contributed by atoms with E-state index in [1.54, 1.807) is 19.3 Å². The minimum Gasteiger partial charge on any atom is -0.462 e. The van der Waals surface area contributed by atoms with E-state index in [1.807, 2.05) is 24.3 Å². The van der Waals surface area contributed by atoms with Crippen molar-refractivity contribution in [2.45, 2.75) is 6.92 Å². The standard InChI is InChI=1S/C13H12BrNO2/c1-2-17-13(16)12-8-15-7-11(12)9-4-3-5-10(14)6-9/h3-8,15H,2H2,1H3. The first-order valence-electron chi connectivity index (χ1n) is 5.32. The highest BCUT2D eigenvalue weighted by Crippen LogP contribution is 2.26. The highest BCUT2D eigenvalue weighted by Gasteiger charge is 2.14. The van der Waals surface area contributed by atoms with E-state index in [0.717, 1.165) is 15.6 Å². The SMILES string of the molecule is CCOC(=O)c1c[nH]cc1-c1cccc(Br)c1. The zero-order valence-corrected chi connectivity index (χ0v) is 11.0. The van der Waals surface area contributed by atoms with Crippen molar-refractivity contribution in [1.29, 1.82) is 0 Å². The van der Waals surface area contributed by atoms with Crippen molar-refractivity contribution in [1.82, 2.24) is 4.98 Å². The van der Waals surface area contributed by atoms with Crippen LogP contribution < -0.4 is 0 Å². The molecule has 0 fully saturated rings. The molecule has 0 unspecified atom stereocenters. The second-order valence-electron chi connectivity index (χ2n) is 3.51. The van der Waals surface area contributed by atoms with Crippen molar-refractivity contribution in [2.75, 3.05) is 6.61 Å². The number of hydrogen-bond donors (Lipinski definition) is 1. The summed E-state index contributed by atoms with van der Waals surface area (Å²) >= 11 is 3.41. The lowest BCUT2D eigenvalue weighted by atomic mass is 10.1. The minimum atomic E-state index is -0.302. The van der Waals surface area contributed by atoms with E-state index >= 15 is 0 Å². The average molecular weight is 294 g/mol. The van der Waals surface area contributed by atoms with Gasteiger partial charge in [0.2, 0.25) is 0 Å². The first-order chi connectivity index (χ1) is 8.22. The zero-order chi connectivity index (χ0) is 12.3. The predicted octanol–water partition coefficient (Wildman–Crippen LogP) is 3.62. The number of carbonyl (C=O) groups excluding carboxylic acids is 1. The first kappa shape index (κ1) is 11.9. The number of aromatic amines is 1. The molecule has 2 rings (SSSR count). The molecule has 0 atom stereocenters. The molecule has 1 heterocycles. The van der Waals surface area contributed by atoms with Gasteiger partial charge in [0, 0.05) is 22.4 Å². The highest BCUT2D eigenvalue weighted by atomic mass is 79.9. The normalized spacial score (nSPS) is 10.2. The Kier molecular flexibility index (Phi) is 3.64. The van der Waals surface area contributed by atoms with Gasteiger partial charge in [-0.05, 0) is 24.6 Å². The molecule has 1 N–H and O–H groups in total. The molecule has 0 saturated carbocycles. The van der Waals surface area contributed by atoms with Gasteiger partial charge < -0.3 is 9.72 Å². The molecule has 2 aromatic rings. The number of rotatable bonds is 3. The minimum absolute atomic E-state index is 0.302. The number of hydrogen-bond acceptors (Lipinski definition) is 2. The van der Waals surface area contributed by atoms with Crippen LogP contribution in [0.15, 0.2) is 41.1 Å². The molecule has 3 nitrogen and oxygen atoms in total. The monoisotopic (exact) mass is 293 g/mol. The number of ether oxygens (including phenoxy) is 1. The molecule has 17 heavy (non-hydrogen) atoms. The Morgan fingerprint density at radius 3 is 2.94 bits per heavy atom. The van der Waals surface area contributed by atoms with Crippen LogP contribution in [-0.2, 0) is 4.74 Å². The van der Waals surface area contributed by atoms with E-state index in [2.05, 4.69) is 20.9 Å². The Hall–Kier alpha value is -1.55. The van der Waals surface area contributed by atoms with Gasteiger partial charge in [0.1, 0.15) is 0 Å². The summed E-state index contributed by atoms with van der Waals surface area (Å²) < 4.78 is 5.99. The van der Waals surface area contributed by atoms with Gasteiger partial charge in [-0.2, -0.15) is 0 Å². The maximum Gasteiger partial charge on any atom is 0.340 e. The van der Waals surface area contributed by atoms with Crippen LogP contribution in [-0.4, -0.2) is 17.6 Å². The fourth-order valence-corrected chi connectivity index (χ4v) is 2.04. The molecule has 0 aliphatic carbocycles. The van der Waals surface area contributed by atoms with E-state index in [4.69, 9.17) is 4.74 Å². The Morgan fingerprint density at radius 2 is 2.24 bits per heavy atom. The molecular formula is C13H12BrNO2. The maximum atomic E-state index is 11.7. The van der Waals surface area contributed by atoms with Crippen LogP contribution in [0.5, 0.6) is 0 Å². The third kappa shape index (κ3) is 2.58. The Bertz CT molecular complexity index is 534. The lowest BCUT2D eigenvalue weighted by Gasteiger charge is -2.04. The van der Waals surface area contributed by atoms with Gasteiger partial charge in [0.05, 0.1) is 12.2 Å². The molecule has 0 saturated heterocycles. The summed E-state index contributed by atoms with van der Waals surface area (Å²) in [6.07, 6.45) is 3.46. The molecular weight excluding hydrogens is 282 g/mol. The van der Waals surface area contributed by atoms with E-state index in [9.17, 15) is 4.79 Å². The van der Waals surface area contributed by atoms with Gasteiger partial charge in [0.15, 0.2) is 0 Å². The molecule has 0 aliphatic heterocycles. The van der Waals surface area contributed by atoms with Crippen molar-refractivity contribution < 1.29 is 9.53 Å². The number of aromatic nitrogens is 1. The number of halogens is 1. The molecule has 0 aliphatic rings. The fourth-order valence-electron chi connectivity index (χ4n) is 1.64. The molecule has 1 aromatic carbocycles. The smallest absolute Gasteiger partial charge is 0.340 e. The summed E-state index contributed by atoms with van der Waals surface area (Å²) in [6, 6.07) is 7.80. The van der Waals surface area contributed by atoms with Crippen LogP contribution in [0.3, 0.4) is 0 Å². The van der Waals surface area contributed by atoms with Gasteiger partial charge in [-0.25, -0.2) is 4.79 Å². The quantitative estimate of drug-likeness (QED) is 0.878. The van der Waals surface area contributed by atoms with Crippen molar-refractivity contribution in [3.8, 4) is 11.1 Å². The van der Waals surface area contributed by atoms with Gasteiger partial charge in [-0.15, -0.1) is 0 Å². The Labute approximate surface area is 108 Å². The second-order valence-corrected chi connectivity index (χ2v) is 4.43. The van der Waals surface area contributed by atoms with Crippen molar-refractivity contribution in [3.05, 3.63) is 46.7 Å². The molecule has 0 spiro atoms. The second kappa shape index (κ2) is 5.19. The third-order valence-corrected chi connectivity index (χ3v) is 2.87. The van der Waals surface area contributed by atoms with E-state index in [1.165, 1.54) is 0 Å². The number of benzene rings is 1. The summed E-state index contributed by atoms with van der Waals surface area (Å²) in [5.41, 5.74) is 2.39. The van der Waals surface area contributed by atoms with Gasteiger partial charge in [-0.3, -0.25) is 0 Å². The summed E-state index contributed by atoms with van der Waals surface area (Å²) in [6.45, 7) is 2.17. The largest absolute Gasteiger partial charge is 0.462 e. The number of H-pyrrole nitrogens is 1. The molecule has 0 amide bonds. The first-order valence-corrected chi connectivity index (χ1v) is 6.11. The van der Waals surface area contributed by atoms with E-state index < -0.39 is 0 Å². The fraction of sp³-hybridized carbons (Fsp3) is 0.154. The molecule has 0 bridgehead atoms. The lowest BCUT2D eigenvalue weighted by molar-refractivity contribution is 0.0527. The van der Waals surface area contributed by atoms with E-state index in [-0.39, 0.29) is 5.97 Å². The van der Waals surface area contributed by atoms with Crippen LogP contribution in [0.1, 0.15) is 17.3 Å². The number of carbonyl (C=O) groups is 1. The van der Waals surface area contributed by atoms with Gasteiger partial charge >= 0.3 is 5.97 Å². The van der Waals surface area contributed by atoms with Crippen LogP contribution in [0.4, 0.5) is 0 Å². The van der Waals surface area contributed by atoms with Crippen LogP contribution in [0.25, 0.3) is 11.1 Å².